The van der Waals surface area contributed by atoms with Crippen molar-refractivity contribution < 1.29 is 9.47 Å². The van der Waals surface area contributed by atoms with Gasteiger partial charge in [-0.1, -0.05) is 30.3 Å². The van der Waals surface area contributed by atoms with Crippen molar-refractivity contribution in [3.63, 3.8) is 0 Å². The van der Waals surface area contributed by atoms with Gasteiger partial charge >= 0.3 is 0 Å². The lowest BCUT2D eigenvalue weighted by Crippen LogP contribution is -2.41. The number of rotatable bonds is 8. The van der Waals surface area contributed by atoms with E-state index in [1.807, 2.05) is 36.4 Å². The van der Waals surface area contributed by atoms with Gasteiger partial charge in [0.25, 0.3) is 0 Å². The second-order valence-electron chi connectivity index (χ2n) is 6.38. The minimum absolute atomic E-state index is 0. The van der Waals surface area contributed by atoms with E-state index < -0.39 is 0 Å². The second kappa shape index (κ2) is 12.5. The second-order valence-corrected chi connectivity index (χ2v) is 6.38. The minimum Gasteiger partial charge on any atom is -0.497 e. The van der Waals surface area contributed by atoms with E-state index in [1.54, 1.807) is 21.3 Å². The molecule has 6 nitrogen and oxygen atoms in total. The number of para-hydroxylation sites is 1. The summed E-state index contributed by atoms with van der Waals surface area (Å²) in [6, 6.07) is 16.2. The number of ether oxygens (including phenoxy) is 2. The van der Waals surface area contributed by atoms with Crippen LogP contribution in [0.3, 0.4) is 0 Å². The molecule has 2 N–H and O–H groups in total. The number of hydrogen-bond acceptors (Lipinski definition) is 4. The van der Waals surface area contributed by atoms with Gasteiger partial charge in [-0.25, -0.2) is 0 Å². The van der Waals surface area contributed by atoms with E-state index in [-0.39, 0.29) is 30.0 Å². The van der Waals surface area contributed by atoms with Crippen molar-refractivity contribution in [1.29, 1.82) is 0 Å². The third-order valence-electron chi connectivity index (χ3n) is 4.40. The van der Waals surface area contributed by atoms with Crippen molar-refractivity contribution in [2.24, 2.45) is 4.99 Å². The van der Waals surface area contributed by atoms with Crippen LogP contribution < -0.4 is 20.1 Å². The first kappa shape index (κ1) is 24.0. The first-order valence-corrected chi connectivity index (χ1v) is 8.95. The number of methoxy groups -OCH3 is 2. The summed E-state index contributed by atoms with van der Waals surface area (Å²) in [6.07, 6.45) is 0. The van der Waals surface area contributed by atoms with Crippen LogP contribution in [0.2, 0.25) is 0 Å². The average Bonchev–Trinajstić information content (AvgIpc) is 2.70. The van der Waals surface area contributed by atoms with Crippen LogP contribution in [0.4, 0.5) is 0 Å². The highest BCUT2D eigenvalue weighted by Gasteiger charge is 2.18. The fourth-order valence-electron chi connectivity index (χ4n) is 2.89. The molecule has 2 aromatic rings. The summed E-state index contributed by atoms with van der Waals surface area (Å²) in [6.45, 7) is 1.36. The van der Waals surface area contributed by atoms with Gasteiger partial charge in [0, 0.05) is 25.7 Å². The summed E-state index contributed by atoms with van der Waals surface area (Å²) >= 11 is 0. The number of aliphatic imine (C=N–C) groups is 1. The molecule has 0 radical (unpaired) electrons. The van der Waals surface area contributed by atoms with E-state index in [0.717, 1.165) is 28.6 Å². The molecule has 0 heterocycles. The van der Waals surface area contributed by atoms with Gasteiger partial charge in [-0.15, -0.1) is 24.0 Å². The lowest BCUT2D eigenvalue weighted by Gasteiger charge is -2.27. The predicted molar refractivity (Wildman–Crippen MR) is 126 cm³/mol. The minimum atomic E-state index is 0. The van der Waals surface area contributed by atoms with E-state index in [9.17, 15) is 0 Å². The van der Waals surface area contributed by atoms with Crippen LogP contribution in [-0.2, 0) is 6.54 Å². The summed E-state index contributed by atoms with van der Waals surface area (Å²) in [7, 11) is 9.27. The molecule has 0 saturated heterocycles. The molecule has 0 spiro atoms. The largest absolute Gasteiger partial charge is 0.497 e. The Balaban J connectivity index is 0.00000392. The number of hydrogen-bond donors (Lipinski definition) is 2. The molecule has 0 fully saturated rings. The van der Waals surface area contributed by atoms with E-state index in [4.69, 9.17) is 9.47 Å². The molecule has 0 amide bonds. The maximum Gasteiger partial charge on any atom is 0.191 e. The summed E-state index contributed by atoms with van der Waals surface area (Å²) < 4.78 is 10.8. The van der Waals surface area contributed by atoms with Crippen molar-refractivity contribution in [2.75, 3.05) is 41.9 Å². The van der Waals surface area contributed by atoms with Crippen LogP contribution in [0.1, 0.15) is 17.2 Å². The smallest absolute Gasteiger partial charge is 0.191 e. The number of halogens is 1. The van der Waals surface area contributed by atoms with Crippen LogP contribution >= 0.6 is 24.0 Å². The normalized spacial score (nSPS) is 12.1. The van der Waals surface area contributed by atoms with Crippen LogP contribution in [0.15, 0.2) is 53.5 Å². The Bertz CT molecular complexity index is 753. The first-order valence-electron chi connectivity index (χ1n) is 8.95. The van der Waals surface area contributed by atoms with Gasteiger partial charge in [-0.2, -0.15) is 0 Å². The van der Waals surface area contributed by atoms with Gasteiger partial charge in [-0.3, -0.25) is 4.99 Å². The lowest BCUT2D eigenvalue weighted by molar-refractivity contribution is 0.287. The highest BCUT2D eigenvalue weighted by molar-refractivity contribution is 14.0. The lowest BCUT2D eigenvalue weighted by atomic mass is 10.0. The molecule has 1 atom stereocenters. The molecule has 0 aromatic heterocycles. The van der Waals surface area contributed by atoms with E-state index in [2.05, 4.69) is 46.8 Å². The third kappa shape index (κ3) is 6.87. The number of nitrogens with zero attached hydrogens (tertiary/aromatic N) is 2. The highest BCUT2D eigenvalue weighted by atomic mass is 127. The molecule has 154 valence electrons. The molecule has 0 aliphatic carbocycles. The van der Waals surface area contributed by atoms with Gasteiger partial charge in [0.1, 0.15) is 11.5 Å². The predicted octanol–water partition coefficient (Wildman–Crippen LogP) is 3.29. The monoisotopic (exact) mass is 498 g/mol. The average molecular weight is 498 g/mol. The van der Waals surface area contributed by atoms with Crippen molar-refractivity contribution in [3.05, 3.63) is 59.7 Å². The van der Waals surface area contributed by atoms with Gasteiger partial charge in [0.2, 0.25) is 0 Å². The van der Waals surface area contributed by atoms with E-state index >= 15 is 0 Å². The summed E-state index contributed by atoms with van der Waals surface area (Å²) in [5, 5.41) is 6.75. The topological polar surface area (TPSA) is 58.1 Å². The zero-order valence-electron chi connectivity index (χ0n) is 17.2. The molecule has 0 aliphatic heterocycles. The quantitative estimate of drug-likeness (QED) is 0.333. The Morgan fingerprint density at radius 3 is 2.43 bits per heavy atom. The summed E-state index contributed by atoms with van der Waals surface area (Å²) in [5.41, 5.74) is 2.27. The van der Waals surface area contributed by atoms with Crippen molar-refractivity contribution in [1.82, 2.24) is 15.5 Å². The van der Waals surface area contributed by atoms with Crippen molar-refractivity contribution in [2.45, 2.75) is 12.6 Å². The maximum atomic E-state index is 5.52. The number of benzene rings is 2. The molecule has 0 bridgehead atoms. The Kier molecular flexibility index (Phi) is 10.7. The SMILES string of the molecule is CN=C(NCc1cccc(OC)c1)NCC(c1ccccc1OC)N(C)C.I. The zero-order valence-corrected chi connectivity index (χ0v) is 19.6. The highest BCUT2D eigenvalue weighted by Crippen LogP contribution is 2.27. The van der Waals surface area contributed by atoms with Crippen molar-refractivity contribution in [3.8, 4) is 11.5 Å². The van der Waals surface area contributed by atoms with Gasteiger partial charge in [-0.05, 0) is 37.9 Å². The molecule has 7 heteroatoms. The fraction of sp³-hybridized carbons (Fsp3) is 0.381. The standard InChI is InChI=1S/C21H30N4O2.HI/c1-22-21(23-14-16-9-8-10-17(13-16)26-4)24-15-19(25(2)3)18-11-6-7-12-20(18)27-5;/h6-13,19H,14-15H2,1-5H3,(H2,22,23,24);1H. The molecule has 1 unspecified atom stereocenters. The van der Waals surface area contributed by atoms with E-state index in [1.165, 1.54) is 0 Å². The van der Waals surface area contributed by atoms with Crippen LogP contribution in [0.25, 0.3) is 0 Å². The van der Waals surface area contributed by atoms with Gasteiger partial charge < -0.3 is 25.0 Å². The summed E-state index contributed by atoms with van der Waals surface area (Å²) in [4.78, 5) is 6.49. The van der Waals surface area contributed by atoms with Gasteiger partial charge in [0.05, 0.1) is 20.3 Å². The molecule has 2 rings (SSSR count). The van der Waals surface area contributed by atoms with Crippen LogP contribution in [0, 0.1) is 0 Å². The van der Waals surface area contributed by atoms with E-state index in [0.29, 0.717) is 13.1 Å². The maximum absolute atomic E-state index is 5.52. The molecular formula is C21H31IN4O2. The number of guanidine groups is 1. The Morgan fingerprint density at radius 2 is 1.79 bits per heavy atom. The first-order chi connectivity index (χ1) is 13.1. The molecular weight excluding hydrogens is 467 g/mol. The summed E-state index contributed by atoms with van der Waals surface area (Å²) in [5.74, 6) is 2.48. The Labute approximate surface area is 185 Å². The van der Waals surface area contributed by atoms with Gasteiger partial charge in [0.15, 0.2) is 5.96 Å². The molecule has 0 aliphatic rings. The fourth-order valence-corrected chi connectivity index (χ4v) is 2.89. The van der Waals surface area contributed by atoms with Crippen molar-refractivity contribution >= 4 is 29.9 Å². The zero-order chi connectivity index (χ0) is 19.6. The van der Waals surface area contributed by atoms with Crippen LogP contribution in [0.5, 0.6) is 11.5 Å². The van der Waals surface area contributed by atoms with Crippen LogP contribution in [-0.4, -0.2) is 52.8 Å². The Hall–Kier alpha value is -2.00. The third-order valence-corrected chi connectivity index (χ3v) is 4.40. The Morgan fingerprint density at radius 1 is 1.04 bits per heavy atom. The molecule has 0 saturated carbocycles. The number of nitrogens with one attached hydrogen (secondary N) is 2. The molecule has 28 heavy (non-hydrogen) atoms. The number of likely N-dealkylation sites (N-methyl/N-ethyl adjacent to an activating group) is 1. The molecule has 2 aromatic carbocycles.